The number of nitrogens with one attached hydrogen (secondary N) is 1. The lowest BCUT2D eigenvalue weighted by Gasteiger charge is -2.28. The molecule has 1 N–H and O–H groups in total. The summed E-state index contributed by atoms with van der Waals surface area (Å²) in [6, 6.07) is 0.0185. The number of rotatable bonds is 2. The van der Waals surface area contributed by atoms with E-state index in [1.165, 1.54) is 4.90 Å². The van der Waals surface area contributed by atoms with Crippen molar-refractivity contribution < 1.29 is 14.3 Å². The highest BCUT2D eigenvalue weighted by molar-refractivity contribution is 6.00. The number of ether oxygens (including phenoxy) is 1. The zero-order valence-electron chi connectivity index (χ0n) is 9.73. The fraction of sp³-hybridized carbons (Fsp3) is 0.818. The number of nitrogens with zero attached hydrogens (tertiary/aromatic N) is 1. The minimum Gasteiger partial charge on any atom is -0.435 e. The van der Waals surface area contributed by atoms with Gasteiger partial charge in [0.1, 0.15) is 0 Å². The molecule has 1 unspecified atom stereocenters. The van der Waals surface area contributed by atoms with Crippen LogP contribution in [0.25, 0.3) is 0 Å². The molecule has 2 heterocycles. The first-order valence-corrected chi connectivity index (χ1v) is 5.85. The lowest BCUT2D eigenvalue weighted by molar-refractivity contribution is -0.132. The molecule has 2 amide bonds. The van der Waals surface area contributed by atoms with E-state index in [1.54, 1.807) is 0 Å². The van der Waals surface area contributed by atoms with Crippen LogP contribution in [0, 0.1) is 5.92 Å². The van der Waals surface area contributed by atoms with Gasteiger partial charge in [0, 0.05) is 6.04 Å². The van der Waals surface area contributed by atoms with Crippen LogP contribution in [0.4, 0.5) is 4.79 Å². The van der Waals surface area contributed by atoms with Crippen molar-refractivity contribution in [3.05, 3.63) is 0 Å². The first kappa shape index (κ1) is 11.4. The zero-order valence-corrected chi connectivity index (χ0v) is 9.73. The van der Waals surface area contributed by atoms with Gasteiger partial charge in [0.25, 0.3) is 5.91 Å². The molecule has 2 fully saturated rings. The first-order chi connectivity index (χ1) is 7.61. The van der Waals surface area contributed by atoms with E-state index in [0.29, 0.717) is 0 Å². The summed E-state index contributed by atoms with van der Waals surface area (Å²) in [5.41, 5.74) is 0. The summed E-state index contributed by atoms with van der Waals surface area (Å²) in [7, 11) is 0. The molecule has 0 aromatic rings. The van der Waals surface area contributed by atoms with Crippen LogP contribution in [-0.2, 0) is 9.53 Å². The van der Waals surface area contributed by atoms with Crippen molar-refractivity contribution in [1.82, 2.24) is 10.2 Å². The average molecular weight is 226 g/mol. The smallest absolute Gasteiger partial charge is 0.417 e. The molecular weight excluding hydrogens is 208 g/mol. The number of piperidine rings is 1. The summed E-state index contributed by atoms with van der Waals surface area (Å²) in [5.74, 6) is -0.116. The van der Waals surface area contributed by atoms with Gasteiger partial charge in [-0.3, -0.25) is 4.79 Å². The molecule has 1 atom stereocenters. The highest BCUT2D eigenvalue weighted by atomic mass is 16.6. The summed E-state index contributed by atoms with van der Waals surface area (Å²) in [6.07, 6.45) is 0.607. The maximum Gasteiger partial charge on any atom is 0.417 e. The van der Waals surface area contributed by atoms with Crippen molar-refractivity contribution in [2.75, 3.05) is 13.1 Å². The molecular formula is C11H18N2O3. The van der Waals surface area contributed by atoms with Crippen molar-refractivity contribution in [2.45, 2.75) is 38.8 Å². The second-order valence-electron chi connectivity index (χ2n) is 4.74. The Kier molecular flexibility index (Phi) is 3.14. The molecule has 5 heteroatoms. The minimum atomic E-state index is -0.581. The Bertz CT molecular complexity index is 298. The Hall–Kier alpha value is -1.10. The summed E-state index contributed by atoms with van der Waals surface area (Å²) >= 11 is 0. The van der Waals surface area contributed by atoms with E-state index in [2.05, 4.69) is 5.32 Å². The summed E-state index contributed by atoms with van der Waals surface area (Å²) in [5, 5.41) is 3.21. The van der Waals surface area contributed by atoms with Crippen LogP contribution in [0.15, 0.2) is 0 Å². The zero-order chi connectivity index (χ0) is 11.7. The number of carbonyl (C=O) groups is 2. The van der Waals surface area contributed by atoms with Gasteiger partial charge in [0.05, 0.1) is 0 Å². The van der Waals surface area contributed by atoms with Crippen LogP contribution < -0.4 is 5.32 Å². The number of hydrogen-bond donors (Lipinski definition) is 1. The molecule has 0 bridgehead atoms. The summed E-state index contributed by atoms with van der Waals surface area (Å²) in [4.78, 5) is 25.0. The van der Waals surface area contributed by atoms with Crippen molar-refractivity contribution in [3.63, 3.8) is 0 Å². The third kappa shape index (κ3) is 1.91. The fourth-order valence-corrected chi connectivity index (χ4v) is 2.26. The quantitative estimate of drug-likeness (QED) is 0.754. The second-order valence-corrected chi connectivity index (χ2v) is 4.74. The third-order valence-electron chi connectivity index (χ3n) is 3.18. The van der Waals surface area contributed by atoms with Crippen molar-refractivity contribution in [1.29, 1.82) is 0 Å². The van der Waals surface area contributed by atoms with E-state index < -0.39 is 12.2 Å². The molecule has 0 aliphatic carbocycles. The van der Waals surface area contributed by atoms with Crippen LogP contribution in [0.3, 0.4) is 0 Å². The van der Waals surface area contributed by atoms with Crippen LogP contribution >= 0.6 is 0 Å². The van der Waals surface area contributed by atoms with Gasteiger partial charge in [-0.2, -0.15) is 0 Å². The molecule has 90 valence electrons. The Morgan fingerprint density at radius 2 is 1.94 bits per heavy atom. The summed E-state index contributed by atoms with van der Waals surface area (Å²) < 4.78 is 5.12. The fourth-order valence-electron chi connectivity index (χ4n) is 2.26. The van der Waals surface area contributed by atoms with E-state index in [0.717, 1.165) is 25.9 Å². The molecule has 0 aromatic heterocycles. The predicted octanol–water partition coefficient (Wildman–Crippen LogP) is 0.742. The lowest BCUT2D eigenvalue weighted by atomic mass is 10.0. The molecule has 2 saturated heterocycles. The van der Waals surface area contributed by atoms with E-state index in [1.807, 2.05) is 13.8 Å². The SMILES string of the molecule is CC(C)C1OC(=O)N(C2CCNCC2)C1=O. The highest BCUT2D eigenvalue weighted by Gasteiger charge is 2.45. The first-order valence-electron chi connectivity index (χ1n) is 5.85. The van der Waals surface area contributed by atoms with E-state index in [9.17, 15) is 9.59 Å². The van der Waals surface area contributed by atoms with Crippen LogP contribution in [-0.4, -0.2) is 42.1 Å². The molecule has 5 nitrogen and oxygen atoms in total. The second kappa shape index (κ2) is 4.41. The Morgan fingerprint density at radius 1 is 1.31 bits per heavy atom. The van der Waals surface area contributed by atoms with E-state index >= 15 is 0 Å². The van der Waals surface area contributed by atoms with Crippen molar-refractivity contribution >= 4 is 12.0 Å². The number of hydrogen-bond acceptors (Lipinski definition) is 4. The molecule has 0 spiro atoms. The normalized spacial score (nSPS) is 27.7. The van der Waals surface area contributed by atoms with Crippen molar-refractivity contribution in [3.8, 4) is 0 Å². The minimum absolute atomic E-state index is 0.0185. The molecule has 2 aliphatic heterocycles. The highest BCUT2D eigenvalue weighted by Crippen LogP contribution is 2.24. The third-order valence-corrected chi connectivity index (χ3v) is 3.18. The number of cyclic esters (lactones) is 1. The van der Waals surface area contributed by atoms with Gasteiger partial charge in [-0.1, -0.05) is 13.8 Å². The molecule has 0 saturated carbocycles. The number of amides is 2. The van der Waals surface area contributed by atoms with Gasteiger partial charge in [-0.15, -0.1) is 0 Å². The largest absolute Gasteiger partial charge is 0.435 e. The van der Waals surface area contributed by atoms with Gasteiger partial charge >= 0.3 is 6.09 Å². The summed E-state index contributed by atoms with van der Waals surface area (Å²) in [6.45, 7) is 5.49. The van der Waals surface area contributed by atoms with Gasteiger partial charge in [0.15, 0.2) is 6.10 Å². The Morgan fingerprint density at radius 3 is 2.44 bits per heavy atom. The Labute approximate surface area is 95.1 Å². The van der Waals surface area contributed by atoms with Gasteiger partial charge in [-0.25, -0.2) is 9.69 Å². The van der Waals surface area contributed by atoms with Gasteiger partial charge < -0.3 is 10.1 Å². The average Bonchev–Trinajstić information content (AvgIpc) is 2.56. The van der Waals surface area contributed by atoms with Crippen LogP contribution in [0.1, 0.15) is 26.7 Å². The van der Waals surface area contributed by atoms with Gasteiger partial charge in [0.2, 0.25) is 0 Å². The molecule has 0 aromatic carbocycles. The monoisotopic (exact) mass is 226 g/mol. The van der Waals surface area contributed by atoms with E-state index in [-0.39, 0.29) is 17.9 Å². The van der Waals surface area contributed by atoms with E-state index in [4.69, 9.17) is 4.74 Å². The maximum atomic E-state index is 12.0. The number of carbonyl (C=O) groups excluding carboxylic acids is 2. The molecule has 2 aliphatic rings. The van der Waals surface area contributed by atoms with Crippen LogP contribution in [0.2, 0.25) is 0 Å². The van der Waals surface area contributed by atoms with Crippen LogP contribution in [0.5, 0.6) is 0 Å². The standard InChI is InChI=1S/C11H18N2O3/c1-7(2)9-10(14)13(11(15)16-9)8-3-5-12-6-4-8/h7-9,12H,3-6H2,1-2H3. The topological polar surface area (TPSA) is 58.6 Å². The predicted molar refractivity (Wildman–Crippen MR) is 57.8 cm³/mol. The maximum absolute atomic E-state index is 12.0. The number of imide groups is 1. The molecule has 0 radical (unpaired) electrons. The van der Waals surface area contributed by atoms with Crippen molar-refractivity contribution in [2.24, 2.45) is 5.92 Å². The lowest BCUT2D eigenvalue weighted by Crippen LogP contribution is -2.46. The van der Waals surface area contributed by atoms with Gasteiger partial charge in [-0.05, 0) is 31.8 Å². The molecule has 16 heavy (non-hydrogen) atoms. The molecule has 2 rings (SSSR count). The Balaban J connectivity index is 2.09.